The van der Waals surface area contributed by atoms with Crippen LogP contribution in [-0.2, 0) is 6.42 Å². The van der Waals surface area contributed by atoms with Gasteiger partial charge in [-0.2, -0.15) is 4.98 Å². The highest BCUT2D eigenvalue weighted by Gasteiger charge is 2.32. The third-order valence-electron chi connectivity index (χ3n) is 5.99. The fraction of sp³-hybridized carbons (Fsp3) is 0.292. The second-order valence-corrected chi connectivity index (χ2v) is 8.53. The molecule has 0 spiro atoms. The summed E-state index contributed by atoms with van der Waals surface area (Å²) in [7, 11) is 3.02. The number of para-hydroxylation sites is 1. The maximum atomic E-state index is 13.9. The van der Waals surface area contributed by atoms with Crippen LogP contribution in [0.5, 0.6) is 17.4 Å². The number of hydrogen-bond donors (Lipinski definition) is 1. The van der Waals surface area contributed by atoms with Gasteiger partial charge in [0.05, 0.1) is 25.7 Å². The Kier molecular flexibility index (Phi) is 6.12. The van der Waals surface area contributed by atoms with Crippen molar-refractivity contribution in [2.45, 2.75) is 31.6 Å². The molecule has 1 aliphatic carbocycles. The van der Waals surface area contributed by atoms with Gasteiger partial charge in [0.25, 0.3) is 11.4 Å². The highest BCUT2D eigenvalue weighted by atomic mass is 35.5. The van der Waals surface area contributed by atoms with Gasteiger partial charge in [0.15, 0.2) is 5.56 Å². The molecule has 0 unspecified atom stereocenters. The van der Waals surface area contributed by atoms with Gasteiger partial charge < -0.3 is 19.0 Å². The molecule has 0 amide bonds. The molecule has 10 nitrogen and oxygen atoms in total. The highest BCUT2D eigenvalue weighted by Crippen LogP contribution is 2.40. The van der Waals surface area contributed by atoms with Crippen molar-refractivity contribution in [3.8, 4) is 34.5 Å². The minimum absolute atomic E-state index is 0.00601. The minimum Gasteiger partial charge on any atom is -0.494 e. The number of benzene rings is 1. The summed E-state index contributed by atoms with van der Waals surface area (Å²) in [6.45, 7) is 0. The largest absolute Gasteiger partial charge is 0.494 e. The van der Waals surface area contributed by atoms with E-state index in [1.807, 2.05) is 0 Å². The van der Waals surface area contributed by atoms with E-state index < -0.39 is 11.4 Å². The second-order valence-electron chi connectivity index (χ2n) is 8.09. The second kappa shape index (κ2) is 9.38. The van der Waals surface area contributed by atoms with Crippen molar-refractivity contribution in [3.05, 3.63) is 69.3 Å². The predicted octanol–water partition coefficient (Wildman–Crippen LogP) is 3.91. The Hall–Kier alpha value is -3.92. The summed E-state index contributed by atoms with van der Waals surface area (Å²) >= 11 is 5.89. The maximum Gasteiger partial charge on any atom is 0.275 e. The van der Waals surface area contributed by atoms with Crippen LogP contribution in [-0.4, -0.2) is 44.1 Å². The average molecular weight is 496 g/mol. The molecule has 11 heteroatoms. The molecule has 0 aliphatic heterocycles. The summed E-state index contributed by atoms with van der Waals surface area (Å²) in [5.41, 5.74) is 0.276. The lowest BCUT2D eigenvalue weighted by Gasteiger charge is -2.28. The Balaban J connectivity index is 1.65. The third-order valence-corrected chi connectivity index (χ3v) is 6.21. The van der Waals surface area contributed by atoms with Crippen LogP contribution in [0.3, 0.4) is 0 Å². The van der Waals surface area contributed by atoms with Gasteiger partial charge in [-0.3, -0.25) is 14.3 Å². The van der Waals surface area contributed by atoms with Crippen molar-refractivity contribution in [3.63, 3.8) is 0 Å². The summed E-state index contributed by atoms with van der Waals surface area (Å²) in [4.78, 5) is 22.5. The number of methoxy groups -OCH3 is 2. The fourth-order valence-corrected chi connectivity index (χ4v) is 4.13. The lowest BCUT2D eigenvalue weighted by molar-refractivity contribution is 0.366. The molecule has 3 heterocycles. The first-order chi connectivity index (χ1) is 17.0. The van der Waals surface area contributed by atoms with Crippen molar-refractivity contribution in [1.29, 1.82) is 0 Å². The van der Waals surface area contributed by atoms with Crippen LogP contribution < -0.4 is 15.0 Å². The molecule has 3 aromatic heterocycles. The van der Waals surface area contributed by atoms with E-state index in [0.717, 1.165) is 19.3 Å². The number of pyridine rings is 1. The Morgan fingerprint density at radius 2 is 1.89 bits per heavy atom. The molecule has 5 rings (SSSR count). The van der Waals surface area contributed by atoms with E-state index in [-0.39, 0.29) is 29.7 Å². The first-order valence-corrected chi connectivity index (χ1v) is 11.4. The van der Waals surface area contributed by atoms with Gasteiger partial charge in [0, 0.05) is 17.8 Å². The molecule has 0 saturated heterocycles. The molecule has 1 saturated carbocycles. The topological polar surface area (TPSA) is 125 Å². The van der Waals surface area contributed by atoms with Crippen molar-refractivity contribution in [2.24, 2.45) is 0 Å². The summed E-state index contributed by atoms with van der Waals surface area (Å²) < 4.78 is 18.2. The molecule has 0 radical (unpaired) electrons. The van der Waals surface area contributed by atoms with E-state index in [1.54, 1.807) is 30.3 Å². The molecule has 1 N–H and O–H groups in total. The molecular weight excluding hydrogens is 474 g/mol. The maximum absolute atomic E-state index is 13.9. The predicted molar refractivity (Wildman–Crippen MR) is 127 cm³/mol. The summed E-state index contributed by atoms with van der Waals surface area (Å²) in [6, 6.07) is 8.66. The summed E-state index contributed by atoms with van der Waals surface area (Å²) in [5.74, 6) is 0.879. The van der Waals surface area contributed by atoms with Gasteiger partial charge in [-0.05, 0) is 37.1 Å². The zero-order valence-corrected chi connectivity index (χ0v) is 19.8. The molecule has 4 aromatic rings. The van der Waals surface area contributed by atoms with Crippen molar-refractivity contribution in [1.82, 2.24) is 24.7 Å². The number of hydrogen-bond acceptors (Lipinski definition) is 9. The van der Waals surface area contributed by atoms with Gasteiger partial charge in [-0.15, -0.1) is 10.2 Å². The van der Waals surface area contributed by atoms with Gasteiger partial charge in [0.1, 0.15) is 23.0 Å². The number of halogens is 1. The van der Waals surface area contributed by atoms with E-state index in [1.165, 1.54) is 25.0 Å². The Bertz CT molecular complexity index is 1410. The van der Waals surface area contributed by atoms with Crippen molar-refractivity contribution < 1.29 is 19.0 Å². The Labute approximate surface area is 205 Å². The van der Waals surface area contributed by atoms with Crippen LogP contribution in [0.25, 0.3) is 17.1 Å². The zero-order valence-electron chi connectivity index (χ0n) is 19.1. The molecule has 1 aliphatic rings. The fourth-order valence-electron chi connectivity index (χ4n) is 4.01. The summed E-state index contributed by atoms with van der Waals surface area (Å²) in [5, 5.41) is 19.3. The van der Waals surface area contributed by atoms with Crippen LogP contribution in [0.15, 0.2) is 45.7 Å². The van der Waals surface area contributed by atoms with Crippen LogP contribution in [0, 0.1) is 0 Å². The number of ether oxygens (including phenoxy) is 2. The van der Waals surface area contributed by atoms with Crippen LogP contribution in [0.4, 0.5) is 0 Å². The number of aromatic nitrogens is 5. The van der Waals surface area contributed by atoms with Crippen LogP contribution >= 0.6 is 11.6 Å². The lowest BCUT2D eigenvalue weighted by atomic mass is 9.84. The van der Waals surface area contributed by atoms with Gasteiger partial charge in [0.2, 0.25) is 11.8 Å². The van der Waals surface area contributed by atoms with E-state index in [0.29, 0.717) is 33.7 Å². The lowest BCUT2D eigenvalue weighted by Crippen LogP contribution is -2.29. The first-order valence-electron chi connectivity index (χ1n) is 11.0. The van der Waals surface area contributed by atoms with Crippen LogP contribution in [0.2, 0.25) is 5.02 Å². The normalized spacial score (nSPS) is 13.5. The highest BCUT2D eigenvalue weighted by molar-refractivity contribution is 6.30. The standard InChI is InChI=1S/C24H22ClN5O5/c1-33-16-7-4-8-17(34-2)20(16)30-21(13-5-3-6-13)27-22(31)19(24(30)32)23-29-28-18(35-23)11-15-10-9-14(25)12-26-15/h4,7-10,12-13,31H,3,5-6,11H2,1-2H3. The van der Waals surface area contributed by atoms with Gasteiger partial charge in [-0.25, -0.2) is 0 Å². The SMILES string of the molecule is COc1cccc(OC)c1-n1c(C2CCC2)nc(O)c(-c2nnc(Cc3ccc(Cl)cn3)o2)c1=O. The van der Waals surface area contributed by atoms with E-state index >= 15 is 0 Å². The number of aromatic hydroxyl groups is 1. The summed E-state index contributed by atoms with van der Waals surface area (Å²) in [6.07, 6.45) is 4.45. The Morgan fingerprint density at radius 3 is 2.49 bits per heavy atom. The van der Waals surface area contributed by atoms with Gasteiger partial charge in [-0.1, -0.05) is 24.1 Å². The monoisotopic (exact) mass is 495 g/mol. The molecule has 35 heavy (non-hydrogen) atoms. The third kappa shape index (κ3) is 4.21. The Morgan fingerprint density at radius 1 is 1.14 bits per heavy atom. The quantitative estimate of drug-likeness (QED) is 0.406. The van der Waals surface area contributed by atoms with E-state index in [9.17, 15) is 9.90 Å². The van der Waals surface area contributed by atoms with Crippen LogP contribution in [0.1, 0.15) is 42.6 Å². The number of nitrogens with zero attached hydrogens (tertiary/aromatic N) is 5. The van der Waals surface area contributed by atoms with Crippen molar-refractivity contribution in [2.75, 3.05) is 14.2 Å². The zero-order chi connectivity index (χ0) is 24.5. The van der Waals surface area contributed by atoms with E-state index in [2.05, 4.69) is 20.2 Å². The molecule has 180 valence electrons. The molecule has 1 aromatic carbocycles. The van der Waals surface area contributed by atoms with Crippen molar-refractivity contribution >= 4 is 11.6 Å². The van der Waals surface area contributed by atoms with E-state index in [4.69, 9.17) is 25.5 Å². The average Bonchev–Trinajstić information content (AvgIpc) is 3.27. The van der Waals surface area contributed by atoms with Gasteiger partial charge >= 0.3 is 0 Å². The first kappa shape index (κ1) is 22.9. The minimum atomic E-state index is -0.568. The molecule has 1 fully saturated rings. The molecular formula is C24H22ClN5O5. The number of rotatable bonds is 7. The molecule has 0 bridgehead atoms. The smallest absolute Gasteiger partial charge is 0.275 e. The molecule has 0 atom stereocenters.